The molecule has 0 saturated carbocycles. The molecule has 1 aromatic heterocycles. The first-order valence-corrected chi connectivity index (χ1v) is 6.38. The molecule has 1 aliphatic rings. The molecule has 1 amide bonds. The Morgan fingerprint density at radius 1 is 1.22 bits per heavy atom. The molecule has 2 rings (SSSR count). The molecule has 0 spiro atoms. The number of nitrogens with two attached hydrogens (primary N) is 1. The highest BCUT2D eigenvalue weighted by atomic mass is 35.5. The molecule has 7 heteroatoms. The monoisotopic (exact) mass is 288 g/mol. The third kappa shape index (κ3) is 3.04. The number of pyridine rings is 1. The molecule has 0 atom stereocenters. The zero-order chi connectivity index (χ0) is 13.1. The summed E-state index contributed by atoms with van der Waals surface area (Å²) in [4.78, 5) is 18.9. The van der Waals surface area contributed by atoms with Crippen LogP contribution >= 0.6 is 23.2 Å². The average Bonchev–Trinajstić information content (AvgIpc) is 2.30. The Morgan fingerprint density at radius 2 is 1.78 bits per heavy atom. The number of carbonyl (C=O) groups excluding carboxylic acids is 1. The highest BCUT2D eigenvalue weighted by Crippen LogP contribution is 2.32. The molecule has 98 valence electrons. The number of halogens is 2. The molecule has 1 aromatic rings. The summed E-state index contributed by atoms with van der Waals surface area (Å²) in [6.07, 6.45) is 3.16. The van der Waals surface area contributed by atoms with Crippen LogP contribution in [-0.2, 0) is 4.79 Å². The van der Waals surface area contributed by atoms with Crippen LogP contribution in [0.1, 0.15) is 0 Å². The van der Waals surface area contributed by atoms with Gasteiger partial charge < -0.3 is 10.6 Å². The summed E-state index contributed by atoms with van der Waals surface area (Å²) in [5, 5.41) is 1.09. The Labute approximate surface area is 115 Å². The minimum absolute atomic E-state index is 0.297. The SMILES string of the molecule is NC(=O)CN1CCN(c2c(Cl)cncc2Cl)CC1. The molecule has 18 heavy (non-hydrogen) atoms. The first kappa shape index (κ1) is 13.4. The molecule has 2 heterocycles. The van der Waals surface area contributed by atoms with Crippen LogP contribution in [-0.4, -0.2) is 48.5 Å². The van der Waals surface area contributed by atoms with Gasteiger partial charge in [0.25, 0.3) is 0 Å². The second kappa shape index (κ2) is 5.73. The third-order valence-electron chi connectivity index (χ3n) is 2.90. The van der Waals surface area contributed by atoms with Crippen molar-refractivity contribution in [1.29, 1.82) is 0 Å². The summed E-state index contributed by atoms with van der Waals surface area (Å²) >= 11 is 12.2. The zero-order valence-electron chi connectivity index (χ0n) is 9.77. The van der Waals surface area contributed by atoms with Crippen LogP contribution in [0.2, 0.25) is 10.0 Å². The van der Waals surface area contributed by atoms with Crippen molar-refractivity contribution in [3.63, 3.8) is 0 Å². The van der Waals surface area contributed by atoms with E-state index in [2.05, 4.69) is 9.88 Å². The van der Waals surface area contributed by atoms with E-state index in [9.17, 15) is 4.79 Å². The van der Waals surface area contributed by atoms with Gasteiger partial charge in [-0.3, -0.25) is 14.7 Å². The van der Waals surface area contributed by atoms with Gasteiger partial charge in [0.05, 0.1) is 22.3 Å². The fourth-order valence-corrected chi connectivity index (χ4v) is 2.66. The molecule has 0 radical (unpaired) electrons. The topological polar surface area (TPSA) is 62.5 Å². The van der Waals surface area contributed by atoms with Crippen LogP contribution in [0.15, 0.2) is 12.4 Å². The molecule has 0 aliphatic carbocycles. The van der Waals surface area contributed by atoms with E-state index in [0.717, 1.165) is 31.9 Å². The van der Waals surface area contributed by atoms with E-state index < -0.39 is 0 Å². The number of aromatic nitrogens is 1. The number of amides is 1. The van der Waals surface area contributed by atoms with E-state index in [4.69, 9.17) is 28.9 Å². The lowest BCUT2D eigenvalue weighted by atomic mass is 10.2. The summed E-state index contributed by atoms with van der Waals surface area (Å²) < 4.78 is 0. The highest BCUT2D eigenvalue weighted by Gasteiger charge is 2.21. The van der Waals surface area contributed by atoms with Crippen LogP contribution in [0.3, 0.4) is 0 Å². The number of hydrogen-bond acceptors (Lipinski definition) is 4. The van der Waals surface area contributed by atoms with E-state index >= 15 is 0 Å². The summed E-state index contributed by atoms with van der Waals surface area (Å²) in [7, 11) is 0. The van der Waals surface area contributed by atoms with Gasteiger partial charge in [-0.15, -0.1) is 0 Å². The first-order valence-electron chi connectivity index (χ1n) is 5.62. The van der Waals surface area contributed by atoms with Crippen molar-refractivity contribution in [2.75, 3.05) is 37.6 Å². The minimum atomic E-state index is -0.302. The molecule has 0 aromatic carbocycles. The minimum Gasteiger partial charge on any atom is -0.369 e. The summed E-state index contributed by atoms with van der Waals surface area (Å²) in [6.45, 7) is 3.34. The van der Waals surface area contributed by atoms with Crippen molar-refractivity contribution in [2.24, 2.45) is 5.73 Å². The number of hydrogen-bond donors (Lipinski definition) is 1. The Balaban J connectivity index is 2.03. The molecule has 1 saturated heterocycles. The van der Waals surface area contributed by atoms with E-state index in [1.54, 1.807) is 12.4 Å². The van der Waals surface area contributed by atoms with Crippen molar-refractivity contribution >= 4 is 34.8 Å². The highest BCUT2D eigenvalue weighted by molar-refractivity contribution is 6.38. The first-order chi connectivity index (χ1) is 8.58. The maximum atomic E-state index is 10.8. The summed E-state index contributed by atoms with van der Waals surface area (Å²) in [6, 6.07) is 0. The van der Waals surface area contributed by atoms with Gasteiger partial charge in [0.2, 0.25) is 5.91 Å². The van der Waals surface area contributed by atoms with Crippen molar-refractivity contribution in [1.82, 2.24) is 9.88 Å². The number of anilines is 1. The molecule has 1 fully saturated rings. The number of rotatable bonds is 3. The average molecular weight is 289 g/mol. The maximum absolute atomic E-state index is 10.8. The summed E-state index contributed by atoms with van der Waals surface area (Å²) in [5.41, 5.74) is 5.98. The fourth-order valence-electron chi connectivity index (χ4n) is 2.06. The Hall–Kier alpha value is -1.04. The molecule has 1 aliphatic heterocycles. The van der Waals surface area contributed by atoms with Crippen LogP contribution in [0.25, 0.3) is 0 Å². The second-order valence-electron chi connectivity index (χ2n) is 4.18. The normalized spacial score (nSPS) is 16.9. The fraction of sp³-hybridized carbons (Fsp3) is 0.455. The van der Waals surface area contributed by atoms with Crippen LogP contribution < -0.4 is 10.6 Å². The second-order valence-corrected chi connectivity index (χ2v) is 5.00. The zero-order valence-corrected chi connectivity index (χ0v) is 11.3. The lowest BCUT2D eigenvalue weighted by Gasteiger charge is -2.36. The predicted octanol–water partition coefficient (Wildman–Crippen LogP) is 0.996. The summed E-state index contributed by atoms with van der Waals surface area (Å²) in [5.74, 6) is -0.302. The van der Waals surface area contributed by atoms with Crippen molar-refractivity contribution < 1.29 is 4.79 Å². The number of nitrogens with zero attached hydrogens (tertiary/aromatic N) is 3. The quantitative estimate of drug-likeness (QED) is 0.901. The maximum Gasteiger partial charge on any atom is 0.231 e. The van der Waals surface area contributed by atoms with Gasteiger partial charge >= 0.3 is 0 Å². The Morgan fingerprint density at radius 3 is 2.28 bits per heavy atom. The van der Waals surface area contributed by atoms with Crippen LogP contribution in [0, 0.1) is 0 Å². The lowest BCUT2D eigenvalue weighted by molar-refractivity contribution is -0.119. The largest absolute Gasteiger partial charge is 0.369 e. The molecular weight excluding hydrogens is 275 g/mol. The smallest absolute Gasteiger partial charge is 0.231 e. The van der Waals surface area contributed by atoms with E-state index in [-0.39, 0.29) is 5.91 Å². The number of primary amides is 1. The molecule has 0 unspecified atom stereocenters. The third-order valence-corrected chi connectivity index (χ3v) is 3.45. The van der Waals surface area contributed by atoms with Crippen molar-refractivity contribution in [2.45, 2.75) is 0 Å². The number of carbonyl (C=O) groups is 1. The van der Waals surface area contributed by atoms with Crippen LogP contribution in [0.5, 0.6) is 0 Å². The Bertz CT molecular complexity index is 426. The molecule has 5 nitrogen and oxygen atoms in total. The van der Waals surface area contributed by atoms with E-state index in [1.807, 2.05) is 4.90 Å². The van der Waals surface area contributed by atoms with Gasteiger partial charge in [-0.1, -0.05) is 23.2 Å². The standard InChI is InChI=1S/C11H14Cl2N4O/c12-8-5-15-6-9(13)11(8)17-3-1-16(2-4-17)7-10(14)18/h5-6H,1-4,7H2,(H2,14,18). The van der Waals surface area contributed by atoms with Crippen molar-refractivity contribution in [3.8, 4) is 0 Å². The predicted molar refractivity (Wildman–Crippen MR) is 72.1 cm³/mol. The number of piperazine rings is 1. The van der Waals surface area contributed by atoms with Gasteiger partial charge in [0.1, 0.15) is 0 Å². The molecule has 2 N–H and O–H groups in total. The van der Waals surface area contributed by atoms with Gasteiger partial charge in [0.15, 0.2) is 0 Å². The lowest BCUT2D eigenvalue weighted by Crippen LogP contribution is -2.49. The van der Waals surface area contributed by atoms with Crippen molar-refractivity contribution in [3.05, 3.63) is 22.4 Å². The Kier molecular flexibility index (Phi) is 4.27. The van der Waals surface area contributed by atoms with Gasteiger partial charge in [0, 0.05) is 38.6 Å². The van der Waals surface area contributed by atoms with Gasteiger partial charge in [-0.05, 0) is 0 Å². The van der Waals surface area contributed by atoms with E-state index in [1.165, 1.54) is 0 Å². The van der Waals surface area contributed by atoms with Gasteiger partial charge in [-0.2, -0.15) is 0 Å². The van der Waals surface area contributed by atoms with E-state index in [0.29, 0.717) is 16.6 Å². The van der Waals surface area contributed by atoms with Gasteiger partial charge in [-0.25, -0.2) is 0 Å². The molecular formula is C11H14Cl2N4O. The molecule has 0 bridgehead atoms. The van der Waals surface area contributed by atoms with Crippen LogP contribution in [0.4, 0.5) is 5.69 Å².